The van der Waals surface area contributed by atoms with E-state index < -0.39 is 34.0 Å². The van der Waals surface area contributed by atoms with E-state index in [4.69, 9.17) is 16.6 Å². The number of nitrogens with zero attached hydrogens (tertiary/aromatic N) is 3. The average molecular weight is 534 g/mol. The molecule has 1 heterocycles. The molecule has 7 nitrogen and oxygen atoms in total. The minimum absolute atomic E-state index is 0.0126. The number of hydrogen-bond acceptors (Lipinski definition) is 5. The molecule has 39 heavy (non-hydrogen) atoms. The Morgan fingerprint density at radius 2 is 1.49 bits per heavy atom. The summed E-state index contributed by atoms with van der Waals surface area (Å²) in [6.45, 7) is 0. The molecular weight excluding hydrogens is 514 g/mol. The Kier molecular flexibility index (Phi) is 5.09. The van der Waals surface area contributed by atoms with Crippen LogP contribution in [0.15, 0.2) is 102 Å². The topological polar surface area (TPSA) is 92.9 Å². The molecule has 4 aromatic carbocycles. The standard InChI is InChI=1S/C31H20ClN3O4/c32-18-8-7-9-19(16-18)33-17-31-22-12-3-1-10-20(22)26(21-11-2-4-13-23(21)31)27-28(31)30(37)34(29(27)36)24-14-5-6-15-25(24)35(38)39/h1-17,26-28H/t26?,27-,28-,31?/m0/s1. The number of imide groups is 1. The Morgan fingerprint density at radius 1 is 0.846 bits per heavy atom. The van der Waals surface area contributed by atoms with E-state index in [0.717, 1.165) is 27.2 Å². The highest BCUT2D eigenvalue weighted by atomic mass is 35.5. The molecule has 2 atom stereocenters. The number of nitro benzene ring substituents is 1. The van der Waals surface area contributed by atoms with Gasteiger partial charge in [0.2, 0.25) is 11.8 Å². The van der Waals surface area contributed by atoms with E-state index in [9.17, 15) is 19.7 Å². The van der Waals surface area contributed by atoms with E-state index in [2.05, 4.69) is 0 Å². The summed E-state index contributed by atoms with van der Waals surface area (Å²) in [5.41, 5.74) is 2.98. The molecule has 190 valence electrons. The Balaban J connectivity index is 1.51. The van der Waals surface area contributed by atoms with E-state index in [1.54, 1.807) is 30.5 Å². The zero-order valence-corrected chi connectivity index (χ0v) is 21.2. The first kappa shape index (κ1) is 23.5. The number of para-hydroxylation sites is 2. The Labute approximate surface area is 228 Å². The Bertz CT molecular complexity index is 1700. The minimum atomic E-state index is -1.07. The Hall–Kier alpha value is -4.62. The third-order valence-electron chi connectivity index (χ3n) is 8.23. The van der Waals surface area contributed by atoms with Gasteiger partial charge in [0, 0.05) is 23.2 Å². The SMILES string of the molecule is O=C1[C@@H]2[C@@H](C(=O)N1c1ccccc1[N+](=O)[O-])C1c3ccccc3C2(C=Nc2cccc(Cl)c2)c2ccccc21. The normalized spacial score (nSPS) is 24.5. The molecule has 0 N–H and O–H groups in total. The van der Waals surface area contributed by atoms with E-state index in [1.807, 2.05) is 54.6 Å². The zero-order chi connectivity index (χ0) is 26.9. The van der Waals surface area contributed by atoms with Gasteiger partial charge in [0.25, 0.3) is 5.69 Å². The number of nitro groups is 1. The fraction of sp³-hybridized carbons (Fsp3) is 0.129. The molecule has 2 amide bonds. The van der Waals surface area contributed by atoms with Gasteiger partial charge in [0.05, 0.1) is 27.9 Å². The first-order valence-corrected chi connectivity index (χ1v) is 12.9. The van der Waals surface area contributed by atoms with Crippen molar-refractivity contribution in [2.75, 3.05) is 4.90 Å². The van der Waals surface area contributed by atoms with Crippen LogP contribution in [0.25, 0.3) is 0 Å². The number of benzene rings is 4. The highest BCUT2D eigenvalue weighted by Crippen LogP contribution is 2.64. The first-order valence-electron chi connectivity index (χ1n) is 12.5. The number of hydrogen-bond donors (Lipinski definition) is 0. The third-order valence-corrected chi connectivity index (χ3v) is 8.46. The maximum absolute atomic E-state index is 14.4. The van der Waals surface area contributed by atoms with Gasteiger partial charge in [0.15, 0.2) is 0 Å². The monoisotopic (exact) mass is 533 g/mol. The van der Waals surface area contributed by atoms with Crippen molar-refractivity contribution in [2.24, 2.45) is 16.8 Å². The minimum Gasteiger partial charge on any atom is -0.274 e. The summed E-state index contributed by atoms with van der Waals surface area (Å²) >= 11 is 6.23. The molecule has 8 rings (SSSR count). The van der Waals surface area contributed by atoms with E-state index in [-0.39, 0.29) is 17.3 Å². The second-order valence-electron chi connectivity index (χ2n) is 10.0. The van der Waals surface area contributed by atoms with Crippen LogP contribution < -0.4 is 4.90 Å². The second kappa shape index (κ2) is 8.44. The van der Waals surface area contributed by atoms with Crippen molar-refractivity contribution in [3.63, 3.8) is 0 Å². The highest BCUT2D eigenvalue weighted by Gasteiger charge is 2.68. The molecule has 8 heteroatoms. The summed E-state index contributed by atoms with van der Waals surface area (Å²) in [7, 11) is 0. The molecule has 3 aliphatic carbocycles. The summed E-state index contributed by atoms with van der Waals surface area (Å²) in [6, 6.07) is 28.7. The van der Waals surface area contributed by atoms with Crippen LogP contribution in [0.2, 0.25) is 5.02 Å². The van der Waals surface area contributed by atoms with Crippen LogP contribution in [0.5, 0.6) is 0 Å². The van der Waals surface area contributed by atoms with Crippen LogP contribution in [0.4, 0.5) is 17.1 Å². The van der Waals surface area contributed by atoms with Gasteiger partial charge in [-0.1, -0.05) is 78.3 Å². The van der Waals surface area contributed by atoms with E-state index in [0.29, 0.717) is 10.7 Å². The number of anilines is 1. The molecule has 0 unspecified atom stereocenters. The molecule has 4 aromatic rings. The first-order chi connectivity index (χ1) is 18.9. The van der Waals surface area contributed by atoms with Crippen LogP contribution in [-0.4, -0.2) is 23.0 Å². The second-order valence-corrected chi connectivity index (χ2v) is 10.5. The molecule has 1 fully saturated rings. The van der Waals surface area contributed by atoms with Gasteiger partial charge in [-0.05, 0) is 46.5 Å². The van der Waals surface area contributed by atoms with E-state index >= 15 is 0 Å². The quantitative estimate of drug-likeness (QED) is 0.135. The van der Waals surface area contributed by atoms with Crippen LogP contribution in [-0.2, 0) is 15.0 Å². The van der Waals surface area contributed by atoms with Crippen molar-refractivity contribution in [1.82, 2.24) is 0 Å². The van der Waals surface area contributed by atoms with Gasteiger partial charge in [-0.25, -0.2) is 4.90 Å². The van der Waals surface area contributed by atoms with E-state index in [1.165, 1.54) is 18.2 Å². The Morgan fingerprint density at radius 3 is 2.15 bits per heavy atom. The van der Waals surface area contributed by atoms with Crippen LogP contribution >= 0.6 is 11.6 Å². The number of carbonyl (C=O) groups excluding carboxylic acids is 2. The van der Waals surface area contributed by atoms with Gasteiger partial charge < -0.3 is 0 Å². The van der Waals surface area contributed by atoms with Crippen molar-refractivity contribution in [3.8, 4) is 0 Å². The molecule has 0 radical (unpaired) electrons. The molecule has 0 spiro atoms. The maximum Gasteiger partial charge on any atom is 0.293 e. The highest BCUT2D eigenvalue weighted by molar-refractivity contribution is 6.30. The molecular formula is C31H20ClN3O4. The van der Waals surface area contributed by atoms with Crippen molar-refractivity contribution in [1.29, 1.82) is 0 Å². The summed E-state index contributed by atoms with van der Waals surface area (Å²) in [4.78, 5) is 45.8. The van der Waals surface area contributed by atoms with Crippen LogP contribution in [0.3, 0.4) is 0 Å². The number of halogens is 1. The predicted octanol–water partition coefficient (Wildman–Crippen LogP) is 6.20. The summed E-state index contributed by atoms with van der Waals surface area (Å²) < 4.78 is 0. The van der Waals surface area contributed by atoms with Crippen LogP contribution in [0, 0.1) is 22.0 Å². The average Bonchev–Trinajstić information content (AvgIpc) is 3.22. The number of amides is 2. The van der Waals surface area contributed by atoms with Gasteiger partial charge in [0.1, 0.15) is 5.69 Å². The summed E-state index contributed by atoms with van der Waals surface area (Å²) in [5.74, 6) is -2.84. The lowest BCUT2D eigenvalue weighted by Crippen LogP contribution is -2.54. The lowest BCUT2D eigenvalue weighted by molar-refractivity contribution is -0.384. The van der Waals surface area contributed by atoms with Crippen molar-refractivity contribution in [2.45, 2.75) is 11.3 Å². The van der Waals surface area contributed by atoms with Gasteiger partial charge in [-0.3, -0.25) is 24.7 Å². The number of carbonyl (C=O) groups is 2. The number of rotatable bonds is 4. The lowest BCUT2D eigenvalue weighted by atomic mass is 9.47. The number of aliphatic imine (C=N–C) groups is 1. The summed E-state index contributed by atoms with van der Waals surface area (Å²) in [5, 5.41) is 12.4. The van der Waals surface area contributed by atoms with Gasteiger partial charge in [-0.15, -0.1) is 0 Å². The lowest BCUT2D eigenvalue weighted by Gasteiger charge is -2.52. The zero-order valence-electron chi connectivity index (χ0n) is 20.4. The smallest absolute Gasteiger partial charge is 0.274 e. The van der Waals surface area contributed by atoms with Crippen molar-refractivity contribution >= 4 is 46.7 Å². The largest absolute Gasteiger partial charge is 0.293 e. The fourth-order valence-corrected chi connectivity index (χ4v) is 7.01. The third kappa shape index (κ3) is 3.14. The van der Waals surface area contributed by atoms with Gasteiger partial charge in [-0.2, -0.15) is 0 Å². The fourth-order valence-electron chi connectivity index (χ4n) is 6.83. The molecule has 2 bridgehead atoms. The maximum atomic E-state index is 14.4. The molecule has 1 aliphatic heterocycles. The molecule has 0 aromatic heterocycles. The molecule has 1 saturated heterocycles. The van der Waals surface area contributed by atoms with Gasteiger partial charge >= 0.3 is 0 Å². The molecule has 0 saturated carbocycles. The molecule has 4 aliphatic rings. The van der Waals surface area contributed by atoms with Crippen molar-refractivity contribution in [3.05, 3.63) is 134 Å². The van der Waals surface area contributed by atoms with Crippen LogP contribution in [0.1, 0.15) is 28.2 Å². The summed E-state index contributed by atoms with van der Waals surface area (Å²) in [6.07, 6.45) is 1.78. The predicted molar refractivity (Wildman–Crippen MR) is 148 cm³/mol. The van der Waals surface area contributed by atoms with Crippen molar-refractivity contribution < 1.29 is 14.5 Å².